The van der Waals surface area contributed by atoms with Crippen LogP contribution in [-0.4, -0.2) is 55.0 Å². The summed E-state index contributed by atoms with van der Waals surface area (Å²) in [4.78, 5) is 14.7. The number of piperidine rings is 2. The summed E-state index contributed by atoms with van der Waals surface area (Å²) < 4.78 is 26.3. The van der Waals surface area contributed by atoms with E-state index in [0.717, 1.165) is 58.0 Å². The first-order chi connectivity index (χ1) is 10.5. The van der Waals surface area contributed by atoms with Crippen LogP contribution in [0.3, 0.4) is 0 Å². The van der Waals surface area contributed by atoms with Gasteiger partial charge in [-0.25, -0.2) is 12.7 Å². The van der Waals surface area contributed by atoms with Crippen LogP contribution in [0.25, 0.3) is 0 Å². The third-order valence-corrected chi connectivity index (χ3v) is 8.58. The van der Waals surface area contributed by atoms with E-state index >= 15 is 0 Å². The topological polar surface area (TPSA) is 57.7 Å². The molecule has 0 N–H and O–H groups in total. The van der Waals surface area contributed by atoms with Gasteiger partial charge in [0.05, 0.1) is 5.25 Å². The average Bonchev–Trinajstić information content (AvgIpc) is 3.43. The zero-order valence-electron chi connectivity index (χ0n) is 13.2. The second-order valence-corrected chi connectivity index (χ2v) is 9.86. The summed E-state index contributed by atoms with van der Waals surface area (Å²) >= 11 is 0. The van der Waals surface area contributed by atoms with Gasteiger partial charge < -0.3 is 4.90 Å². The molecule has 4 fully saturated rings. The van der Waals surface area contributed by atoms with Crippen molar-refractivity contribution in [1.29, 1.82) is 0 Å². The SMILES string of the molecule is O=C([C@H]1CC12CCN(S(=O)(=O)C1CC1)CC2)N1CCCCC1. The van der Waals surface area contributed by atoms with Crippen LogP contribution in [0.2, 0.25) is 0 Å². The number of carbonyl (C=O) groups excluding carboxylic acids is 1. The Bertz CT molecular complexity index is 556. The normalized spacial score (nSPS) is 32.2. The van der Waals surface area contributed by atoms with Crippen molar-refractivity contribution in [3.05, 3.63) is 0 Å². The molecule has 1 atom stereocenters. The summed E-state index contributed by atoms with van der Waals surface area (Å²) in [5, 5.41) is -0.105. The van der Waals surface area contributed by atoms with Crippen molar-refractivity contribution in [3.63, 3.8) is 0 Å². The highest BCUT2D eigenvalue weighted by Crippen LogP contribution is 2.60. The Morgan fingerprint density at radius 2 is 1.59 bits per heavy atom. The van der Waals surface area contributed by atoms with Gasteiger partial charge in [-0.1, -0.05) is 0 Å². The molecule has 2 aliphatic heterocycles. The number of hydrogen-bond acceptors (Lipinski definition) is 3. The summed E-state index contributed by atoms with van der Waals surface area (Å²) in [7, 11) is -3.03. The number of rotatable bonds is 3. The van der Waals surface area contributed by atoms with Gasteiger partial charge in [-0.2, -0.15) is 0 Å². The van der Waals surface area contributed by atoms with Gasteiger partial charge in [-0.15, -0.1) is 0 Å². The number of carbonyl (C=O) groups is 1. The van der Waals surface area contributed by atoms with Gasteiger partial charge in [-0.05, 0) is 56.8 Å². The highest BCUT2D eigenvalue weighted by atomic mass is 32.2. The van der Waals surface area contributed by atoms with Gasteiger partial charge in [0, 0.05) is 32.1 Å². The number of hydrogen-bond donors (Lipinski definition) is 0. The standard InChI is InChI=1S/C16H26N2O3S/c19-15(17-8-2-1-3-9-17)14-12-16(14)6-10-18(11-7-16)22(20,21)13-4-5-13/h13-14H,1-12H2/t14-/m1/s1. The Labute approximate surface area is 133 Å². The number of nitrogens with zero attached hydrogens (tertiary/aromatic N) is 2. The van der Waals surface area contributed by atoms with Crippen molar-refractivity contribution >= 4 is 15.9 Å². The van der Waals surface area contributed by atoms with E-state index < -0.39 is 10.0 Å². The quantitative estimate of drug-likeness (QED) is 0.791. The smallest absolute Gasteiger partial charge is 0.226 e. The largest absolute Gasteiger partial charge is 0.342 e. The predicted molar refractivity (Wildman–Crippen MR) is 83.7 cm³/mol. The Hall–Kier alpha value is -0.620. The number of likely N-dealkylation sites (tertiary alicyclic amines) is 1. The molecule has 0 aromatic heterocycles. The summed E-state index contributed by atoms with van der Waals surface area (Å²) in [6, 6.07) is 0. The van der Waals surface area contributed by atoms with Crippen LogP contribution in [0.5, 0.6) is 0 Å². The zero-order chi connectivity index (χ0) is 15.4. The third-order valence-electron chi connectivity index (χ3n) is 6.18. The fourth-order valence-electron chi connectivity index (χ4n) is 4.35. The summed E-state index contributed by atoms with van der Waals surface area (Å²) in [5.41, 5.74) is 0.129. The minimum absolute atomic E-state index is 0.105. The monoisotopic (exact) mass is 326 g/mol. The van der Waals surface area contributed by atoms with Crippen LogP contribution >= 0.6 is 0 Å². The molecule has 1 spiro atoms. The van der Waals surface area contributed by atoms with E-state index in [1.807, 2.05) is 0 Å². The lowest BCUT2D eigenvalue weighted by Crippen LogP contribution is -2.43. The van der Waals surface area contributed by atoms with Crippen LogP contribution in [0, 0.1) is 11.3 Å². The lowest BCUT2D eigenvalue weighted by atomic mass is 9.91. The van der Waals surface area contributed by atoms with Crippen molar-refractivity contribution in [2.75, 3.05) is 26.2 Å². The van der Waals surface area contributed by atoms with Gasteiger partial charge >= 0.3 is 0 Å². The fourth-order valence-corrected chi connectivity index (χ4v) is 6.19. The van der Waals surface area contributed by atoms with Crippen LogP contribution in [-0.2, 0) is 14.8 Å². The molecular weight excluding hydrogens is 300 g/mol. The molecule has 5 nitrogen and oxygen atoms in total. The van der Waals surface area contributed by atoms with Crippen molar-refractivity contribution in [2.45, 2.75) is 56.6 Å². The van der Waals surface area contributed by atoms with Crippen molar-refractivity contribution in [3.8, 4) is 0 Å². The summed E-state index contributed by atoms with van der Waals surface area (Å²) in [6.45, 7) is 3.10. The van der Waals surface area contributed by atoms with E-state index in [9.17, 15) is 13.2 Å². The molecule has 2 heterocycles. The van der Waals surface area contributed by atoms with Gasteiger partial charge in [0.2, 0.25) is 15.9 Å². The molecule has 0 bridgehead atoms. The molecule has 2 aliphatic carbocycles. The number of amides is 1. The van der Waals surface area contributed by atoms with Gasteiger partial charge in [0.1, 0.15) is 0 Å². The maximum Gasteiger partial charge on any atom is 0.226 e. The number of sulfonamides is 1. The highest BCUT2D eigenvalue weighted by Gasteiger charge is 2.60. The molecular formula is C16H26N2O3S. The Kier molecular flexibility index (Phi) is 3.53. The van der Waals surface area contributed by atoms with Crippen LogP contribution in [0.1, 0.15) is 51.4 Å². The lowest BCUT2D eigenvalue weighted by Gasteiger charge is -2.33. The van der Waals surface area contributed by atoms with E-state index in [0.29, 0.717) is 19.0 Å². The molecule has 0 radical (unpaired) electrons. The minimum atomic E-state index is -3.03. The van der Waals surface area contributed by atoms with Crippen molar-refractivity contribution < 1.29 is 13.2 Å². The Balaban J connectivity index is 1.35. The molecule has 4 rings (SSSR count). The first kappa shape index (κ1) is 14.9. The van der Waals surface area contributed by atoms with E-state index in [1.165, 1.54) is 6.42 Å². The van der Waals surface area contributed by atoms with Crippen LogP contribution in [0.4, 0.5) is 0 Å². The molecule has 0 aromatic carbocycles. The zero-order valence-corrected chi connectivity index (χ0v) is 14.0. The van der Waals surface area contributed by atoms with E-state index in [-0.39, 0.29) is 16.6 Å². The lowest BCUT2D eigenvalue weighted by molar-refractivity contribution is -0.134. The van der Waals surface area contributed by atoms with E-state index in [2.05, 4.69) is 4.90 Å². The maximum absolute atomic E-state index is 12.6. The Morgan fingerprint density at radius 1 is 0.955 bits per heavy atom. The second-order valence-electron chi connectivity index (χ2n) is 7.65. The van der Waals surface area contributed by atoms with Gasteiger partial charge in [0.25, 0.3) is 0 Å². The van der Waals surface area contributed by atoms with Crippen molar-refractivity contribution in [1.82, 2.24) is 9.21 Å². The molecule has 0 aromatic rings. The Morgan fingerprint density at radius 3 is 2.18 bits per heavy atom. The van der Waals surface area contributed by atoms with Crippen molar-refractivity contribution in [2.24, 2.45) is 11.3 Å². The molecule has 4 aliphatic rings. The molecule has 2 saturated heterocycles. The molecule has 6 heteroatoms. The molecule has 1 amide bonds. The molecule has 22 heavy (non-hydrogen) atoms. The maximum atomic E-state index is 12.6. The predicted octanol–water partition coefficient (Wildman–Crippen LogP) is 1.59. The second kappa shape index (κ2) is 5.20. The molecule has 0 unspecified atom stereocenters. The van der Waals surface area contributed by atoms with Gasteiger partial charge in [0.15, 0.2) is 0 Å². The highest BCUT2D eigenvalue weighted by molar-refractivity contribution is 7.90. The van der Waals surface area contributed by atoms with Crippen LogP contribution < -0.4 is 0 Å². The average molecular weight is 326 g/mol. The van der Waals surface area contributed by atoms with Gasteiger partial charge in [-0.3, -0.25) is 4.79 Å². The third kappa shape index (κ3) is 2.48. The fraction of sp³-hybridized carbons (Fsp3) is 0.938. The first-order valence-corrected chi connectivity index (χ1v) is 10.3. The molecule has 124 valence electrons. The minimum Gasteiger partial charge on any atom is -0.342 e. The van der Waals surface area contributed by atoms with Crippen LogP contribution in [0.15, 0.2) is 0 Å². The van der Waals surface area contributed by atoms with E-state index in [4.69, 9.17) is 0 Å². The van der Waals surface area contributed by atoms with E-state index in [1.54, 1.807) is 4.31 Å². The summed E-state index contributed by atoms with van der Waals surface area (Å²) in [6.07, 6.45) is 7.93. The molecule has 2 saturated carbocycles. The first-order valence-electron chi connectivity index (χ1n) is 8.81. The summed E-state index contributed by atoms with van der Waals surface area (Å²) in [5.74, 6) is 0.523.